The summed E-state index contributed by atoms with van der Waals surface area (Å²) in [6.07, 6.45) is 2.14. The highest BCUT2D eigenvalue weighted by atomic mass is 28.4. The van der Waals surface area contributed by atoms with Crippen molar-refractivity contribution in [2.45, 2.75) is 116 Å². The molecule has 0 aromatic carbocycles. The van der Waals surface area contributed by atoms with Gasteiger partial charge in [-0.1, -0.05) is 55.4 Å². The minimum Gasteiger partial charge on any atom is -0.416 e. The van der Waals surface area contributed by atoms with Gasteiger partial charge < -0.3 is 13.6 Å². The van der Waals surface area contributed by atoms with E-state index in [1.165, 1.54) is 0 Å². The van der Waals surface area contributed by atoms with Crippen LogP contribution in [-0.2, 0) is 13.6 Å². The highest BCUT2D eigenvalue weighted by Gasteiger charge is 2.53. The van der Waals surface area contributed by atoms with Crippen LogP contribution < -0.4 is 0 Å². The molecule has 0 aromatic rings. The van der Waals surface area contributed by atoms with Crippen LogP contribution >= 0.6 is 0 Å². The van der Waals surface area contributed by atoms with E-state index in [1.807, 2.05) is 0 Å². The first-order valence-corrected chi connectivity index (χ1v) is 16.3. The minimum atomic E-state index is -1.87. The van der Waals surface area contributed by atoms with E-state index in [-0.39, 0.29) is 21.8 Å². The molecular formula is C21H46O3Si2. The fourth-order valence-corrected chi connectivity index (χ4v) is 5.55. The first kappa shape index (κ1) is 24.4. The number of ether oxygens (including phenoxy) is 1. The van der Waals surface area contributed by atoms with Crippen molar-refractivity contribution in [2.24, 2.45) is 5.92 Å². The van der Waals surface area contributed by atoms with Crippen LogP contribution in [0.4, 0.5) is 0 Å². The second kappa shape index (κ2) is 7.98. The SMILES string of the molecule is CCC1(CC)OC[C@@H](CO[Si](C)(C)C(C)(C)C)[C@@H]1O[Si](C)(C)C(C)(C)C. The molecule has 1 rings (SSSR count). The predicted molar refractivity (Wildman–Crippen MR) is 118 cm³/mol. The maximum absolute atomic E-state index is 6.97. The quantitative estimate of drug-likeness (QED) is 0.449. The normalized spacial score (nSPS) is 24.9. The van der Waals surface area contributed by atoms with Gasteiger partial charge in [0.15, 0.2) is 16.6 Å². The summed E-state index contributed by atoms with van der Waals surface area (Å²) in [5.41, 5.74) is -0.156. The van der Waals surface area contributed by atoms with Crippen molar-refractivity contribution in [1.82, 2.24) is 0 Å². The molecular weight excluding hydrogens is 356 g/mol. The molecule has 0 aromatic heterocycles. The third-order valence-corrected chi connectivity index (χ3v) is 16.4. The first-order chi connectivity index (χ1) is 11.5. The summed E-state index contributed by atoms with van der Waals surface area (Å²) in [5.74, 6) is 0.332. The molecule has 0 saturated carbocycles. The van der Waals surface area contributed by atoms with E-state index in [0.29, 0.717) is 5.92 Å². The van der Waals surface area contributed by atoms with Crippen LogP contribution in [0.25, 0.3) is 0 Å². The van der Waals surface area contributed by atoms with E-state index < -0.39 is 16.6 Å². The average molecular weight is 403 g/mol. The zero-order valence-electron chi connectivity index (χ0n) is 19.7. The van der Waals surface area contributed by atoms with Gasteiger partial charge in [-0.15, -0.1) is 0 Å². The van der Waals surface area contributed by atoms with Gasteiger partial charge in [0.2, 0.25) is 0 Å². The summed E-state index contributed by atoms with van der Waals surface area (Å²) in [6, 6.07) is 0. The highest BCUT2D eigenvalue weighted by molar-refractivity contribution is 6.74. The lowest BCUT2D eigenvalue weighted by Gasteiger charge is -2.44. The van der Waals surface area contributed by atoms with Gasteiger partial charge in [0.1, 0.15) is 0 Å². The van der Waals surface area contributed by atoms with E-state index in [0.717, 1.165) is 26.1 Å². The standard InChI is InChI=1S/C21H46O3Si2/c1-13-21(14-2)18(24-26(11,12)20(6,7)8)17(15-22-21)16-23-25(9,10)19(3,4)5/h17-18H,13-16H2,1-12H3/t17-,18-/m0/s1. The summed E-state index contributed by atoms with van der Waals surface area (Å²) in [4.78, 5) is 0. The third-order valence-electron chi connectivity index (χ3n) is 7.42. The Bertz CT molecular complexity index is 457. The summed E-state index contributed by atoms with van der Waals surface area (Å²) in [6.45, 7) is 29.2. The van der Waals surface area contributed by atoms with Crippen molar-refractivity contribution in [3.8, 4) is 0 Å². The molecule has 0 radical (unpaired) electrons. The number of rotatable bonds is 7. The molecule has 0 spiro atoms. The van der Waals surface area contributed by atoms with Crippen LogP contribution in [0, 0.1) is 5.92 Å². The lowest BCUT2D eigenvalue weighted by molar-refractivity contribution is -0.0603. The maximum atomic E-state index is 6.97. The fraction of sp³-hybridized carbons (Fsp3) is 1.00. The van der Waals surface area contributed by atoms with Crippen molar-refractivity contribution in [2.75, 3.05) is 13.2 Å². The maximum Gasteiger partial charge on any atom is 0.192 e. The molecule has 26 heavy (non-hydrogen) atoms. The molecule has 1 fully saturated rings. The molecule has 0 N–H and O–H groups in total. The Balaban J connectivity index is 3.04. The zero-order chi connectivity index (χ0) is 20.6. The van der Waals surface area contributed by atoms with Crippen LogP contribution in [-0.4, -0.2) is 41.6 Å². The molecule has 0 amide bonds. The number of hydrogen-bond acceptors (Lipinski definition) is 3. The largest absolute Gasteiger partial charge is 0.416 e. The van der Waals surface area contributed by atoms with Crippen molar-refractivity contribution in [1.29, 1.82) is 0 Å². The number of hydrogen-bond donors (Lipinski definition) is 0. The second-order valence-corrected chi connectivity index (χ2v) is 20.8. The molecule has 0 aliphatic carbocycles. The van der Waals surface area contributed by atoms with Gasteiger partial charge in [-0.05, 0) is 49.1 Å². The third kappa shape index (κ3) is 5.02. The molecule has 156 valence electrons. The Labute approximate surface area is 165 Å². The van der Waals surface area contributed by atoms with E-state index in [9.17, 15) is 0 Å². The molecule has 1 heterocycles. The Morgan fingerprint density at radius 1 is 0.885 bits per heavy atom. The molecule has 3 nitrogen and oxygen atoms in total. The minimum absolute atomic E-state index is 0.142. The molecule has 1 aliphatic rings. The molecule has 2 atom stereocenters. The van der Waals surface area contributed by atoms with Crippen molar-refractivity contribution < 1.29 is 13.6 Å². The summed E-state index contributed by atoms with van der Waals surface area (Å²) in [5, 5.41) is 0.433. The summed E-state index contributed by atoms with van der Waals surface area (Å²) < 4.78 is 20.0. The first-order valence-electron chi connectivity index (χ1n) is 10.5. The van der Waals surface area contributed by atoms with Gasteiger partial charge in [0.05, 0.1) is 18.3 Å². The van der Waals surface area contributed by atoms with Crippen molar-refractivity contribution >= 4 is 16.6 Å². The molecule has 1 aliphatic heterocycles. The second-order valence-electron chi connectivity index (χ2n) is 11.2. The van der Waals surface area contributed by atoms with E-state index in [1.54, 1.807) is 0 Å². The van der Waals surface area contributed by atoms with Gasteiger partial charge in [-0.3, -0.25) is 0 Å². The fourth-order valence-electron chi connectivity index (χ4n) is 3.09. The van der Waals surface area contributed by atoms with Crippen LogP contribution in [0.15, 0.2) is 0 Å². The Morgan fingerprint density at radius 3 is 1.73 bits per heavy atom. The van der Waals surface area contributed by atoms with Gasteiger partial charge in [0.25, 0.3) is 0 Å². The topological polar surface area (TPSA) is 27.7 Å². The zero-order valence-corrected chi connectivity index (χ0v) is 21.7. The van der Waals surface area contributed by atoms with Gasteiger partial charge in [-0.2, -0.15) is 0 Å². The van der Waals surface area contributed by atoms with Gasteiger partial charge in [-0.25, -0.2) is 0 Å². The molecule has 5 heteroatoms. The highest BCUT2D eigenvalue weighted by Crippen LogP contribution is 2.45. The lowest BCUT2D eigenvalue weighted by Crippen LogP contribution is -2.53. The summed E-state index contributed by atoms with van der Waals surface area (Å²) >= 11 is 0. The van der Waals surface area contributed by atoms with Crippen LogP contribution in [0.3, 0.4) is 0 Å². The van der Waals surface area contributed by atoms with Gasteiger partial charge >= 0.3 is 0 Å². The van der Waals surface area contributed by atoms with Crippen LogP contribution in [0.1, 0.15) is 68.2 Å². The Hall–Kier alpha value is 0.314. The monoisotopic (exact) mass is 402 g/mol. The van der Waals surface area contributed by atoms with Crippen molar-refractivity contribution in [3.05, 3.63) is 0 Å². The lowest BCUT2D eigenvalue weighted by atomic mass is 9.86. The van der Waals surface area contributed by atoms with Gasteiger partial charge in [0, 0.05) is 12.5 Å². The molecule has 0 unspecified atom stereocenters. The van der Waals surface area contributed by atoms with Crippen LogP contribution in [0.2, 0.25) is 36.3 Å². The average Bonchev–Trinajstić information content (AvgIpc) is 2.81. The smallest absolute Gasteiger partial charge is 0.192 e. The van der Waals surface area contributed by atoms with E-state index in [4.69, 9.17) is 13.6 Å². The molecule has 1 saturated heterocycles. The van der Waals surface area contributed by atoms with Crippen LogP contribution in [0.5, 0.6) is 0 Å². The van der Waals surface area contributed by atoms with E-state index >= 15 is 0 Å². The predicted octanol–water partition coefficient (Wildman–Crippen LogP) is 6.60. The van der Waals surface area contributed by atoms with Crippen molar-refractivity contribution in [3.63, 3.8) is 0 Å². The Morgan fingerprint density at radius 2 is 1.35 bits per heavy atom. The Kier molecular flexibility index (Phi) is 7.47. The summed E-state index contributed by atoms with van der Waals surface area (Å²) in [7, 11) is -3.63. The molecule has 0 bridgehead atoms. The van der Waals surface area contributed by atoms with E-state index in [2.05, 4.69) is 81.6 Å².